The van der Waals surface area contributed by atoms with Crippen LogP contribution in [-0.4, -0.2) is 24.5 Å². The van der Waals surface area contributed by atoms with Crippen molar-refractivity contribution in [1.29, 1.82) is 0 Å². The molecular formula is C16H15F2N3OS. The van der Waals surface area contributed by atoms with Gasteiger partial charge in [0.2, 0.25) is 0 Å². The second-order valence-corrected chi connectivity index (χ2v) is 6.75. The van der Waals surface area contributed by atoms with Crippen LogP contribution in [0.2, 0.25) is 0 Å². The van der Waals surface area contributed by atoms with E-state index in [1.54, 1.807) is 17.7 Å². The summed E-state index contributed by atoms with van der Waals surface area (Å²) in [7, 11) is 0.631. The Bertz CT molecular complexity index is 892. The Morgan fingerprint density at radius 1 is 1.30 bits per heavy atom. The van der Waals surface area contributed by atoms with Crippen LogP contribution >= 0.6 is 0 Å². The number of benzene rings is 1. The van der Waals surface area contributed by atoms with Gasteiger partial charge in [-0.25, -0.2) is 18.7 Å². The first-order valence-corrected chi connectivity index (χ1v) is 8.43. The summed E-state index contributed by atoms with van der Waals surface area (Å²) in [5.74, 6) is 1.06. The number of halogens is 2. The van der Waals surface area contributed by atoms with E-state index >= 15 is 0 Å². The Morgan fingerprint density at radius 3 is 2.74 bits per heavy atom. The molecule has 1 unspecified atom stereocenters. The number of hydrogen-bond donors (Lipinski definition) is 0. The molecule has 0 N–H and O–H groups in total. The van der Waals surface area contributed by atoms with Crippen LogP contribution in [0.3, 0.4) is 0 Å². The molecule has 23 heavy (non-hydrogen) atoms. The highest BCUT2D eigenvalue weighted by Crippen LogP contribution is 2.29. The Morgan fingerprint density at radius 2 is 2.04 bits per heavy atom. The Hall–Kier alpha value is -2.15. The number of pyridine rings is 1. The number of nitrogens with zero attached hydrogens (tertiary/aromatic N) is 3. The van der Waals surface area contributed by atoms with Crippen molar-refractivity contribution >= 4 is 22.0 Å². The smallest absolute Gasteiger partial charge is 0.265 e. The van der Waals surface area contributed by atoms with Crippen molar-refractivity contribution in [3.63, 3.8) is 0 Å². The van der Waals surface area contributed by atoms with Gasteiger partial charge in [0.1, 0.15) is 11.3 Å². The van der Waals surface area contributed by atoms with Crippen molar-refractivity contribution in [3.05, 3.63) is 42.1 Å². The molecule has 2 aromatic heterocycles. The monoisotopic (exact) mass is 335 g/mol. The summed E-state index contributed by atoms with van der Waals surface area (Å²) in [6.07, 6.45) is -1.42. The summed E-state index contributed by atoms with van der Waals surface area (Å²) >= 11 is 0. The minimum absolute atomic E-state index is 0.160. The van der Waals surface area contributed by atoms with Gasteiger partial charge in [-0.05, 0) is 12.1 Å². The van der Waals surface area contributed by atoms with E-state index in [2.05, 4.69) is 9.97 Å². The molecule has 0 bridgehead atoms. The van der Waals surface area contributed by atoms with Gasteiger partial charge in [0, 0.05) is 35.0 Å². The van der Waals surface area contributed by atoms with Crippen molar-refractivity contribution in [2.75, 3.05) is 5.75 Å². The van der Waals surface area contributed by atoms with E-state index in [1.807, 2.05) is 25.1 Å². The molecule has 0 spiro atoms. The van der Waals surface area contributed by atoms with Crippen LogP contribution in [-0.2, 0) is 17.8 Å². The maximum absolute atomic E-state index is 12.8. The highest BCUT2D eigenvalue weighted by atomic mass is 32.2. The molecular weight excluding hydrogens is 320 g/mol. The lowest BCUT2D eigenvalue weighted by Crippen LogP contribution is -2.00. The predicted molar refractivity (Wildman–Crippen MR) is 85.9 cm³/mol. The summed E-state index contributed by atoms with van der Waals surface area (Å²) in [5, 5.41) is 0. The van der Waals surface area contributed by atoms with Crippen LogP contribution in [0.25, 0.3) is 22.6 Å². The molecule has 0 aliphatic heterocycles. The third-order valence-corrected chi connectivity index (χ3v) is 4.99. The van der Waals surface area contributed by atoms with E-state index in [0.29, 0.717) is 27.6 Å². The lowest BCUT2D eigenvalue weighted by atomic mass is 10.2. The first kappa shape index (κ1) is 15.7. The van der Waals surface area contributed by atoms with Gasteiger partial charge in [0.25, 0.3) is 6.43 Å². The zero-order valence-electron chi connectivity index (χ0n) is 12.7. The first-order valence-electron chi connectivity index (χ1n) is 7.11. The summed E-state index contributed by atoms with van der Waals surface area (Å²) in [4.78, 5) is 9.21. The van der Waals surface area contributed by atoms with E-state index in [9.17, 15) is 13.0 Å². The molecule has 120 valence electrons. The van der Waals surface area contributed by atoms with Gasteiger partial charge in [0.05, 0.1) is 10.8 Å². The van der Waals surface area contributed by atoms with Crippen molar-refractivity contribution in [3.8, 4) is 11.4 Å². The molecule has 2 heterocycles. The minimum Gasteiger partial charge on any atom is -0.312 e. The van der Waals surface area contributed by atoms with Crippen molar-refractivity contribution in [1.82, 2.24) is 14.5 Å². The highest BCUT2D eigenvalue weighted by molar-refractivity contribution is 7.85. The van der Waals surface area contributed by atoms with Gasteiger partial charge in [-0.1, -0.05) is 25.1 Å². The topological polar surface area (TPSA) is 47.8 Å². The van der Waals surface area contributed by atoms with Crippen LogP contribution in [0, 0.1) is 0 Å². The fourth-order valence-corrected chi connectivity index (χ4v) is 3.40. The third-order valence-electron chi connectivity index (χ3n) is 3.62. The Kier molecular flexibility index (Phi) is 4.21. The Labute approximate surface area is 134 Å². The number of aryl methyl sites for hydroxylation is 1. The molecule has 4 nitrogen and oxygen atoms in total. The van der Waals surface area contributed by atoms with Crippen LogP contribution in [0.4, 0.5) is 8.78 Å². The van der Waals surface area contributed by atoms with Gasteiger partial charge in [0.15, 0.2) is 5.65 Å². The average Bonchev–Trinajstić information content (AvgIpc) is 2.90. The zero-order chi connectivity index (χ0) is 16.6. The maximum Gasteiger partial charge on any atom is 0.265 e. The molecule has 0 radical (unpaired) electrons. The quantitative estimate of drug-likeness (QED) is 0.730. The van der Waals surface area contributed by atoms with Crippen molar-refractivity contribution in [2.45, 2.75) is 18.2 Å². The van der Waals surface area contributed by atoms with Crippen LogP contribution in [0.15, 0.2) is 41.4 Å². The van der Waals surface area contributed by atoms with E-state index in [0.717, 1.165) is 11.8 Å². The fraction of sp³-hybridized carbons (Fsp3) is 0.250. The zero-order valence-corrected chi connectivity index (χ0v) is 13.5. The van der Waals surface area contributed by atoms with Crippen molar-refractivity contribution in [2.24, 2.45) is 7.05 Å². The molecule has 0 aliphatic rings. The number of imidazole rings is 1. The minimum atomic E-state index is -2.59. The number of rotatable bonds is 4. The van der Waals surface area contributed by atoms with E-state index in [1.165, 1.54) is 6.07 Å². The SMILES string of the molecule is CCS(=O)c1ccccc1-c1nc2cc(C(F)F)cnc2n1C. The van der Waals surface area contributed by atoms with Crippen LogP contribution < -0.4 is 0 Å². The van der Waals surface area contributed by atoms with E-state index in [-0.39, 0.29) is 5.56 Å². The van der Waals surface area contributed by atoms with Gasteiger partial charge in [-0.3, -0.25) is 4.21 Å². The summed E-state index contributed by atoms with van der Waals surface area (Å²) in [5.41, 5.74) is 1.48. The lowest BCUT2D eigenvalue weighted by molar-refractivity contribution is 0.151. The number of hydrogen-bond acceptors (Lipinski definition) is 3. The van der Waals surface area contributed by atoms with Crippen LogP contribution in [0.1, 0.15) is 18.9 Å². The second-order valence-electron chi connectivity index (χ2n) is 5.04. The van der Waals surface area contributed by atoms with Crippen LogP contribution in [0.5, 0.6) is 0 Å². The van der Waals surface area contributed by atoms with Crippen molar-refractivity contribution < 1.29 is 13.0 Å². The first-order chi connectivity index (χ1) is 11.0. The molecule has 0 saturated carbocycles. The van der Waals surface area contributed by atoms with E-state index in [4.69, 9.17) is 0 Å². The lowest BCUT2D eigenvalue weighted by Gasteiger charge is -2.08. The average molecular weight is 335 g/mol. The van der Waals surface area contributed by atoms with Gasteiger partial charge >= 0.3 is 0 Å². The maximum atomic E-state index is 12.8. The largest absolute Gasteiger partial charge is 0.312 e. The number of fused-ring (bicyclic) bond motifs is 1. The highest BCUT2D eigenvalue weighted by Gasteiger charge is 2.18. The van der Waals surface area contributed by atoms with Gasteiger partial charge in [-0.2, -0.15) is 0 Å². The number of alkyl halides is 2. The molecule has 1 aromatic carbocycles. The molecule has 0 amide bonds. The molecule has 0 aliphatic carbocycles. The van der Waals surface area contributed by atoms with Gasteiger partial charge < -0.3 is 4.57 Å². The molecule has 3 aromatic rings. The third kappa shape index (κ3) is 2.76. The van der Waals surface area contributed by atoms with E-state index < -0.39 is 17.2 Å². The second kappa shape index (κ2) is 6.16. The summed E-state index contributed by atoms with van der Waals surface area (Å²) in [6, 6.07) is 8.63. The normalized spacial score (nSPS) is 12.9. The molecule has 3 rings (SSSR count). The standard InChI is InChI=1S/C16H15F2N3OS/c1-3-23(22)13-7-5-4-6-11(13)15-20-12-8-10(14(17)18)9-19-16(12)21(15)2/h4-9,14H,3H2,1-2H3. The number of aromatic nitrogens is 3. The fourth-order valence-electron chi connectivity index (χ4n) is 2.46. The Balaban J connectivity index is 2.21. The predicted octanol–water partition coefficient (Wildman–Crippen LogP) is 3.70. The molecule has 0 saturated heterocycles. The summed E-state index contributed by atoms with van der Waals surface area (Å²) < 4.78 is 39.6. The molecule has 7 heteroatoms. The summed E-state index contributed by atoms with van der Waals surface area (Å²) in [6.45, 7) is 1.85. The molecule has 1 atom stereocenters. The molecule has 0 fully saturated rings. The van der Waals surface area contributed by atoms with Gasteiger partial charge in [-0.15, -0.1) is 0 Å².